The van der Waals surface area contributed by atoms with E-state index in [1.807, 2.05) is 6.92 Å². The van der Waals surface area contributed by atoms with Crippen LogP contribution in [0.4, 0.5) is 0 Å². The molecule has 12 heavy (non-hydrogen) atoms. The van der Waals surface area contributed by atoms with Gasteiger partial charge >= 0.3 is 0 Å². The molecule has 66 valence electrons. The molecule has 5 heteroatoms. The minimum Gasteiger partial charge on any atom is -0.351 e. The zero-order valence-electron chi connectivity index (χ0n) is 6.63. The quantitative estimate of drug-likeness (QED) is 0.890. The predicted molar refractivity (Wildman–Crippen MR) is 52.4 cm³/mol. The van der Waals surface area contributed by atoms with Crippen molar-refractivity contribution in [3.8, 4) is 0 Å². The van der Waals surface area contributed by atoms with E-state index in [1.165, 1.54) is 11.3 Å². The van der Waals surface area contributed by atoms with Crippen LogP contribution in [0.5, 0.6) is 0 Å². The molecule has 0 saturated heterocycles. The first-order valence-corrected chi connectivity index (χ1v) is 5.24. The highest BCUT2D eigenvalue weighted by Crippen LogP contribution is 2.17. The van der Waals surface area contributed by atoms with Gasteiger partial charge in [0.2, 0.25) is 0 Å². The lowest BCUT2D eigenvalue weighted by atomic mass is 10.4. The van der Waals surface area contributed by atoms with Gasteiger partial charge in [0.25, 0.3) is 5.91 Å². The van der Waals surface area contributed by atoms with E-state index in [2.05, 4.69) is 26.2 Å². The third kappa shape index (κ3) is 2.57. The molecule has 0 aliphatic carbocycles. The van der Waals surface area contributed by atoms with E-state index in [1.54, 1.807) is 6.20 Å². The minimum absolute atomic E-state index is 0.0416. The summed E-state index contributed by atoms with van der Waals surface area (Å²) >= 11 is 4.54. The van der Waals surface area contributed by atoms with Crippen LogP contribution in [-0.2, 0) is 0 Å². The smallest absolute Gasteiger partial charge is 0.263 e. The monoisotopic (exact) mass is 248 g/mol. The van der Waals surface area contributed by atoms with Gasteiger partial charge in [-0.05, 0) is 22.4 Å². The molecule has 0 spiro atoms. The van der Waals surface area contributed by atoms with E-state index in [0.29, 0.717) is 11.4 Å². The van der Waals surface area contributed by atoms with Gasteiger partial charge in [0.05, 0.1) is 6.20 Å². The lowest BCUT2D eigenvalue weighted by Gasteiger charge is -1.98. The molecule has 1 aromatic rings. The summed E-state index contributed by atoms with van der Waals surface area (Å²) < 4.78 is 0.740. The Balaban J connectivity index is 2.53. The topological polar surface area (TPSA) is 42.0 Å². The predicted octanol–water partition coefficient (Wildman–Crippen LogP) is 2.05. The number of halogens is 1. The molecule has 1 amide bonds. The average molecular weight is 249 g/mol. The Morgan fingerprint density at radius 2 is 2.58 bits per heavy atom. The van der Waals surface area contributed by atoms with Crippen molar-refractivity contribution in [3.05, 3.63) is 15.0 Å². The third-order valence-electron chi connectivity index (χ3n) is 1.24. The van der Waals surface area contributed by atoms with Crippen LogP contribution in [0.3, 0.4) is 0 Å². The van der Waals surface area contributed by atoms with Gasteiger partial charge in [-0.2, -0.15) is 0 Å². The molecule has 0 aliphatic heterocycles. The highest BCUT2D eigenvalue weighted by molar-refractivity contribution is 9.11. The molecule has 0 radical (unpaired) electrons. The zero-order valence-corrected chi connectivity index (χ0v) is 9.04. The van der Waals surface area contributed by atoms with Gasteiger partial charge in [-0.1, -0.05) is 6.92 Å². The van der Waals surface area contributed by atoms with Crippen LogP contribution < -0.4 is 5.32 Å². The number of thiazole rings is 1. The van der Waals surface area contributed by atoms with Crippen LogP contribution >= 0.6 is 27.3 Å². The first kappa shape index (κ1) is 9.67. The molecular formula is C7H9BrN2OS. The molecule has 0 saturated carbocycles. The van der Waals surface area contributed by atoms with Crippen molar-refractivity contribution >= 4 is 33.2 Å². The second-order valence-corrected chi connectivity index (χ2v) is 4.54. The molecule has 3 nitrogen and oxygen atoms in total. The number of carbonyl (C=O) groups is 1. The summed E-state index contributed by atoms with van der Waals surface area (Å²) in [5.41, 5.74) is 0. The summed E-state index contributed by atoms with van der Waals surface area (Å²) in [5.74, 6) is -0.0416. The molecule has 0 aliphatic rings. The molecule has 0 unspecified atom stereocenters. The number of hydrogen-bond donors (Lipinski definition) is 1. The van der Waals surface area contributed by atoms with Gasteiger partial charge in [0, 0.05) is 6.54 Å². The maximum atomic E-state index is 11.3. The van der Waals surface area contributed by atoms with Crippen LogP contribution in [0.25, 0.3) is 0 Å². The normalized spacial score (nSPS) is 9.83. The minimum atomic E-state index is -0.0416. The first-order valence-electron chi connectivity index (χ1n) is 3.63. The molecule has 0 aromatic carbocycles. The van der Waals surface area contributed by atoms with E-state index in [9.17, 15) is 4.79 Å². The number of hydrogen-bond acceptors (Lipinski definition) is 3. The molecule has 0 bridgehead atoms. The summed E-state index contributed by atoms with van der Waals surface area (Å²) in [6, 6.07) is 0. The summed E-state index contributed by atoms with van der Waals surface area (Å²) in [6.45, 7) is 2.73. The van der Waals surface area contributed by atoms with Crippen LogP contribution in [0.2, 0.25) is 0 Å². The van der Waals surface area contributed by atoms with Crippen molar-refractivity contribution < 1.29 is 4.79 Å². The van der Waals surface area contributed by atoms with Crippen LogP contribution in [0, 0.1) is 0 Å². The Morgan fingerprint density at radius 3 is 3.08 bits per heavy atom. The number of amides is 1. The molecule has 0 atom stereocenters. The molecular weight excluding hydrogens is 240 g/mol. The van der Waals surface area contributed by atoms with Gasteiger partial charge in [0.15, 0.2) is 3.92 Å². The Hall–Kier alpha value is -0.420. The van der Waals surface area contributed by atoms with Gasteiger partial charge in [-0.25, -0.2) is 4.98 Å². The van der Waals surface area contributed by atoms with Crippen LogP contribution in [0.15, 0.2) is 10.1 Å². The third-order valence-corrected chi connectivity index (χ3v) is 2.71. The van der Waals surface area contributed by atoms with E-state index in [-0.39, 0.29) is 5.91 Å². The molecule has 1 heterocycles. The number of carbonyl (C=O) groups excluding carboxylic acids is 1. The lowest BCUT2D eigenvalue weighted by molar-refractivity contribution is 0.0957. The van der Waals surface area contributed by atoms with Crippen LogP contribution in [-0.4, -0.2) is 17.4 Å². The SMILES string of the molecule is CCCNC(=O)c1cnc(Br)s1. The fourth-order valence-electron chi connectivity index (χ4n) is 0.683. The van der Waals surface area contributed by atoms with Gasteiger partial charge < -0.3 is 5.32 Å². The summed E-state index contributed by atoms with van der Waals surface area (Å²) in [7, 11) is 0. The highest BCUT2D eigenvalue weighted by Gasteiger charge is 2.07. The second kappa shape index (κ2) is 4.57. The van der Waals surface area contributed by atoms with E-state index in [4.69, 9.17) is 0 Å². The van der Waals surface area contributed by atoms with Gasteiger partial charge in [-0.3, -0.25) is 4.79 Å². The summed E-state index contributed by atoms with van der Waals surface area (Å²) in [6.07, 6.45) is 2.52. The number of rotatable bonds is 3. The fraction of sp³-hybridized carbons (Fsp3) is 0.429. The van der Waals surface area contributed by atoms with Crippen LogP contribution in [0.1, 0.15) is 23.0 Å². The Kier molecular flexibility index (Phi) is 3.68. The summed E-state index contributed by atoms with van der Waals surface area (Å²) in [5, 5.41) is 2.77. The number of aromatic nitrogens is 1. The average Bonchev–Trinajstić information content (AvgIpc) is 2.47. The van der Waals surface area contributed by atoms with Crippen molar-refractivity contribution in [2.75, 3.05) is 6.54 Å². The van der Waals surface area contributed by atoms with Gasteiger partial charge in [0.1, 0.15) is 4.88 Å². The number of nitrogens with one attached hydrogen (secondary N) is 1. The first-order chi connectivity index (χ1) is 5.74. The molecule has 1 rings (SSSR count). The van der Waals surface area contributed by atoms with Crippen molar-refractivity contribution in [2.24, 2.45) is 0 Å². The van der Waals surface area contributed by atoms with Crippen molar-refractivity contribution in [2.45, 2.75) is 13.3 Å². The standard InChI is InChI=1S/C7H9BrN2OS/c1-2-3-9-6(11)5-4-10-7(8)12-5/h4H,2-3H2,1H3,(H,9,11). The van der Waals surface area contributed by atoms with E-state index >= 15 is 0 Å². The second-order valence-electron chi connectivity index (χ2n) is 2.23. The number of nitrogens with zero attached hydrogens (tertiary/aromatic N) is 1. The maximum absolute atomic E-state index is 11.3. The van der Waals surface area contributed by atoms with Crippen molar-refractivity contribution in [1.29, 1.82) is 0 Å². The highest BCUT2D eigenvalue weighted by atomic mass is 79.9. The largest absolute Gasteiger partial charge is 0.351 e. The summed E-state index contributed by atoms with van der Waals surface area (Å²) in [4.78, 5) is 15.8. The van der Waals surface area contributed by atoms with Crippen molar-refractivity contribution in [1.82, 2.24) is 10.3 Å². The lowest BCUT2D eigenvalue weighted by Crippen LogP contribution is -2.22. The molecule has 1 aromatic heterocycles. The Morgan fingerprint density at radius 1 is 1.83 bits per heavy atom. The maximum Gasteiger partial charge on any atom is 0.263 e. The van der Waals surface area contributed by atoms with E-state index < -0.39 is 0 Å². The zero-order chi connectivity index (χ0) is 8.97. The Bertz CT molecular complexity index is 274. The molecule has 1 N–H and O–H groups in total. The van der Waals surface area contributed by atoms with Crippen molar-refractivity contribution in [3.63, 3.8) is 0 Å². The van der Waals surface area contributed by atoms with Gasteiger partial charge in [-0.15, -0.1) is 11.3 Å². The molecule has 0 fully saturated rings. The Labute approximate surface area is 83.3 Å². The van der Waals surface area contributed by atoms with E-state index in [0.717, 1.165) is 10.3 Å². The fourth-order valence-corrected chi connectivity index (χ4v) is 1.87.